The van der Waals surface area contributed by atoms with Crippen molar-refractivity contribution in [2.24, 2.45) is 7.05 Å². The summed E-state index contributed by atoms with van der Waals surface area (Å²) in [7, 11) is 4.08. The minimum atomic E-state index is -0.508. The van der Waals surface area contributed by atoms with Gasteiger partial charge in [-0.1, -0.05) is 36.4 Å². The maximum atomic E-state index is 10.5. The van der Waals surface area contributed by atoms with Crippen molar-refractivity contribution in [3.05, 3.63) is 83.2 Å². The Morgan fingerprint density at radius 3 is 2.78 bits per heavy atom. The lowest BCUT2D eigenvalue weighted by Gasteiger charge is -2.30. The van der Waals surface area contributed by atoms with Crippen LogP contribution in [-0.2, 0) is 33.0 Å². The molecule has 2 aromatic carbocycles. The molecule has 1 aliphatic heterocycles. The molecule has 0 bridgehead atoms. The standard InChI is InChI=1S/C26H34N4O2/c1-28(12-10-22-15-27-29(2)17-22)16-21-6-5-9-26(14-21)32-20-25(31)19-30-13-11-23-7-3-4-8-24(23)18-30/h3-9,14-15,17,25,31H,10-13,16,18-20H2,1-2H3/t25-/m1/s1. The summed E-state index contributed by atoms with van der Waals surface area (Å²) in [5.74, 6) is 0.811. The van der Waals surface area contributed by atoms with E-state index in [2.05, 4.69) is 64.5 Å². The van der Waals surface area contributed by atoms with Crippen LogP contribution in [0.2, 0.25) is 0 Å². The van der Waals surface area contributed by atoms with E-state index < -0.39 is 6.10 Å². The van der Waals surface area contributed by atoms with Crippen molar-refractivity contribution in [2.75, 3.05) is 33.3 Å². The van der Waals surface area contributed by atoms with Crippen molar-refractivity contribution in [2.45, 2.75) is 32.0 Å². The molecule has 6 nitrogen and oxygen atoms in total. The van der Waals surface area contributed by atoms with Crippen molar-refractivity contribution in [1.82, 2.24) is 19.6 Å². The summed E-state index contributed by atoms with van der Waals surface area (Å²) < 4.78 is 7.77. The van der Waals surface area contributed by atoms with Crippen molar-refractivity contribution >= 4 is 0 Å². The molecule has 0 unspecified atom stereocenters. The average molecular weight is 435 g/mol. The molecule has 32 heavy (non-hydrogen) atoms. The number of fused-ring (bicyclic) bond motifs is 1. The summed E-state index contributed by atoms with van der Waals surface area (Å²) in [5.41, 5.74) is 5.25. The molecule has 6 heteroatoms. The minimum absolute atomic E-state index is 0.304. The van der Waals surface area contributed by atoms with E-state index in [0.717, 1.165) is 44.8 Å². The van der Waals surface area contributed by atoms with Gasteiger partial charge in [-0.2, -0.15) is 5.10 Å². The van der Waals surface area contributed by atoms with Crippen LogP contribution in [0.3, 0.4) is 0 Å². The highest BCUT2D eigenvalue weighted by molar-refractivity contribution is 5.29. The Morgan fingerprint density at radius 1 is 1.12 bits per heavy atom. The molecule has 3 aromatic rings. The van der Waals surface area contributed by atoms with E-state index in [9.17, 15) is 5.11 Å². The molecule has 0 spiro atoms. The molecule has 170 valence electrons. The van der Waals surface area contributed by atoms with E-state index in [-0.39, 0.29) is 0 Å². The van der Waals surface area contributed by atoms with Crippen molar-refractivity contribution in [3.8, 4) is 5.75 Å². The first-order valence-corrected chi connectivity index (χ1v) is 11.4. The lowest BCUT2D eigenvalue weighted by molar-refractivity contribution is 0.0637. The monoisotopic (exact) mass is 434 g/mol. The maximum absolute atomic E-state index is 10.5. The zero-order valence-corrected chi connectivity index (χ0v) is 19.2. The molecule has 0 amide bonds. The molecule has 1 N–H and O–H groups in total. The van der Waals surface area contributed by atoms with E-state index in [0.29, 0.717) is 13.2 Å². The molecule has 0 aliphatic carbocycles. The van der Waals surface area contributed by atoms with E-state index in [1.165, 1.54) is 22.3 Å². The van der Waals surface area contributed by atoms with Gasteiger partial charge in [-0.25, -0.2) is 0 Å². The number of rotatable bonds is 10. The van der Waals surface area contributed by atoms with E-state index in [1.807, 2.05) is 30.1 Å². The fraction of sp³-hybridized carbons (Fsp3) is 0.423. The van der Waals surface area contributed by atoms with Crippen LogP contribution in [0.1, 0.15) is 22.3 Å². The Balaban J connectivity index is 1.21. The van der Waals surface area contributed by atoms with E-state index in [4.69, 9.17) is 4.74 Å². The number of nitrogens with zero attached hydrogens (tertiary/aromatic N) is 4. The Morgan fingerprint density at radius 2 is 1.97 bits per heavy atom. The Labute approximate surface area is 191 Å². The highest BCUT2D eigenvalue weighted by Gasteiger charge is 2.18. The van der Waals surface area contributed by atoms with Gasteiger partial charge in [0, 0.05) is 46.0 Å². The SMILES string of the molecule is CN(CCc1cnn(C)c1)Cc1cccc(OC[C@H](O)CN2CCc3ccccc3C2)c1. The number of hydrogen-bond donors (Lipinski definition) is 1. The number of β-amino-alcohol motifs (C(OH)–C–C–N with tert-alkyl or cyclic N) is 1. The highest BCUT2D eigenvalue weighted by atomic mass is 16.5. The van der Waals surface area contributed by atoms with Crippen LogP contribution >= 0.6 is 0 Å². The predicted molar refractivity (Wildman–Crippen MR) is 127 cm³/mol. The first-order valence-electron chi connectivity index (χ1n) is 11.4. The largest absolute Gasteiger partial charge is 0.491 e. The topological polar surface area (TPSA) is 53.8 Å². The minimum Gasteiger partial charge on any atom is -0.491 e. The predicted octanol–water partition coefficient (Wildman–Crippen LogP) is 2.89. The lowest BCUT2D eigenvalue weighted by atomic mass is 10.00. The zero-order valence-electron chi connectivity index (χ0n) is 19.2. The summed E-state index contributed by atoms with van der Waals surface area (Å²) >= 11 is 0. The van der Waals surface area contributed by atoms with Crippen LogP contribution in [-0.4, -0.2) is 64.1 Å². The van der Waals surface area contributed by atoms with Gasteiger partial charge in [-0.3, -0.25) is 9.58 Å². The number of aryl methyl sites for hydroxylation is 1. The fourth-order valence-electron chi connectivity index (χ4n) is 4.30. The van der Waals surface area contributed by atoms with Gasteiger partial charge in [0.1, 0.15) is 18.5 Å². The van der Waals surface area contributed by atoms with Gasteiger partial charge in [0.15, 0.2) is 0 Å². The van der Waals surface area contributed by atoms with Crippen molar-refractivity contribution < 1.29 is 9.84 Å². The van der Waals surface area contributed by atoms with Crippen LogP contribution in [0.5, 0.6) is 5.75 Å². The van der Waals surface area contributed by atoms with Gasteiger partial charge < -0.3 is 14.7 Å². The first kappa shape index (κ1) is 22.5. The van der Waals surface area contributed by atoms with Crippen LogP contribution in [0.4, 0.5) is 0 Å². The number of aliphatic hydroxyl groups is 1. The number of hydrogen-bond acceptors (Lipinski definition) is 5. The lowest BCUT2D eigenvalue weighted by Crippen LogP contribution is -2.38. The van der Waals surface area contributed by atoms with Gasteiger partial charge in [0.05, 0.1) is 6.20 Å². The highest BCUT2D eigenvalue weighted by Crippen LogP contribution is 2.19. The third-order valence-corrected chi connectivity index (χ3v) is 6.01. The molecule has 0 saturated carbocycles. The second-order valence-corrected chi connectivity index (χ2v) is 8.88. The Bertz CT molecular complexity index is 1000. The molecule has 1 aromatic heterocycles. The summed E-state index contributed by atoms with van der Waals surface area (Å²) in [6, 6.07) is 16.8. The summed E-state index contributed by atoms with van der Waals surface area (Å²) in [4.78, 5) is 4.61. The van der Waals surface area contributed by atoms with Crippen molar-refractivity contribution in [1.29, 1.82) is 0 Å². The average Bonchev–Trinajstić information content (AvgIpc) is 3.22. The van der Waals surface area contributed by atoms with Gasteiger partial charge in [0.2, 0.25) is 0 Å². The summed E-state index contributed by atoms with van der Waals surface area (Å²) in [6.07, 6.45) is 5.51. The van der Waals surface area contributed by atoms with E-state index >= 15 is 0 Å². The van der Waals surface area contributed by atoms with Gasteiger partial charge in [-0.15, -0.1) is 0 Å². The Hall–Kier alpha value is -2.67. The molecule has 1 aliphatic rings. The van der Waals surface area contributed by atoms with Gasteiger partial charge in [-0.05, 0) is 54.3 Å². The molecular weight excluding hydrogens is 400 g/mol. The molecule has 2 heterocycles. The molecule has 0 radical (unpaired) electrons. The normalized spacial score (nSPS) is 15.0. The number of aliphatic hydroxyl groups excluding tert-OH is 1. The van der Waals surface area contributed by atoms with Crippen molar-refractivity contribution in [3.63, 3.8) is 0 Å². The molecule has 0 saturated heterocycles. The third-order valence-electron chi connectivity index (χ3n) is 6.01. The second kappa shape index (κ2) is 10.8. The smallest absolute Gasteiger partial charge is 0.119 e. The van der Waals surface area contributed by atoms with Gasteiger partial charge in [0.25, 0.3) is 0 Å². The van der Waals surface area contributed by atoms with Crippen LogP contribution in [0, 0.1) is 0 Å². The molecule has 4 rings (SSSR count). The number of ether oxygens (including phenoxy) is 1. The number of likely N-dealkylation sites (N-methyl/N-ethyl adjacent to an activating group) is 1. The van der Waals surface area contributed by atoms with Crippen LogP contribution in [0.15, 0.2) is 60.9 Å². The molecular formula is C26H34N4O2. The van der Waals surface area contributed by atoms with Crippen LogP contribution in [0.25, 0.3) is 0 Å². The number of aromatic nitrogens is 2. The zero-order chi connectivity index (χ0) is 22.3. The first-order chi connectivity index (χ1) is 15.5. The Kier molecular flexibility index (Phi) is 7.58. The van der Waals surface area contributed by atoms with Gasteiger partial charge >= 0.3 is 0 Å². The quantitative estimate of drug-likeness (QED) is 0.532. The number of benzene rings is 2. The van der Waals surface area contributed by atoms with Crippen LogP contribution < -0.4 is 4.74 Å². The summed E-state index contributed by atoms with van der Waals surface area (Å²) in [6.45, 7) is 4.63. The molecule has 0 fully saturated rings. The maximum Gasteiger partial charge on any atom is 0.119 e. The van der Waals surface area contributed by atoms with E-state index in [1.54, 1.807) is 0 Å². The third kappa shape index (κ3) is 6.42. The second-order valence-electron chi connectivity index (χ2n) is 8.88. The fourth-order valence-corrected chi connectivity index (χ4v) is 4.30. The summed E-state index contributed by atoms with van der Waals surface area (Å²) in [5, 5.41) is 14.8. The molecule has 1 atom stereocenters.